The molecule has 2 aromatic carbocycles. The molecule has 0 spiro atoms. The Morgan fingerprint density at radius 3 is 2.50 bits per heavy atom. The van der Waals surface area contributed by atoms with Crippen molar-refractivity contribution in [3.8, 4) is 0 Å². The lowest BCUT2D eigenvalue weighted by atomic mass is 10.1. The van der Waals surface area contributed by atoms with Crippen molar-refractivity contribution in [1.29, 1.82) is 0 Å². The first-order valence-corrected chi connectivity index (χ1v) is 8.41. The molecule has 0 fully saturated rings. The van der Waals surface area contributed by atoms with Crippen LogP contribution in [0.1, 0.15) is 30.5 Å². The van der Waals surface area contributed by atoms with Gasteiger partial charge in [-0.3, -0.25) is 4.79 Å². The van der Waals surface area contributed by atoms with E-state index in [0.717, 1.165) is 25.1 Å². The number of para-hydroxylation sites is 1. The Morgan fingerprint density at radius 1 is 1.12 bits per heavy atom. The molecule has 0 aliphatic carbocycles. The van der Waals surface area contributed by atoms with Crippen LogP contribution in [0.15, 0.2) is 48.5 Å². The SMILES string of the molecule is CC(C)(N)C(=O)NCc1ccc(CN2CCc3ccccc32)cc1. The first-order valence-electron chi connectivity index (χ1n) is 8.41. The molecule has 0 atom stereocenters. The number of amides is 1. The van der Waals surface area contributed by atoms with Crippen LogP contribution in [0.4, 0.5) is 5.69 Å². The maximum atomic E-state index is 11.8. The minimum absolute atomic E-state index is 0.139. The van der Waals surface area contributed by atoms with Crippen molar-refractivity contribution in [1.82, 2.24) is 5.32 Å². The fourth-order valence-electron chi connectivity index (χ4n) is 2.96. The van der Waals surface area contributed by atoms with Crippen LogP contribution in [0.5, 0.6) is 0 Å². The van der Waals surface area contributed by atoms with Gasteiger partial charge in [-0.15, -0.1) is 0 Å². The number of nitrogens with zero attached hydrogens (tertiary/aromatic N) is 1. The van der Waals surface area contributed by atoms with Gasteiger partial charge in [0.2, 0.25) is 5.91 Å². The van der Waals surface area contributed by atoms with E-state index < -0.39 is 5.54 Å². The van der Waals surface area contributed by atoms with Crippen LogP contribution in [0, 0.1) is 0 Å². The number of anilines is 1. The van der Waals surface area contributed by atoms with Crippen LogP contribution in [0.2, 0.25) is 0 Å². The normalized spacial score (nSPS) is 13.7. The zero-order valence-corrected chi connectivity index (χ0v) is 14.4. The van der Waals surface area contributed by atoms with Gasteiger partial charge in [0.05, 0.1) is 5.54 Å². The van der Waals surface area contributed by atoms with Gasteiger partial charge in [-0.2, -0.15) is 0 Å². The zero-order chi connectivity index (χ0) is 17.2. The standard InChI is InChI=1S/C20H25N3O/c1-20(2,21)19(24)22-13-15-7-9-16(10-8-15)14-23-12-11-17-5-3-4-6-18(17)23/h3-10H,11-14,21H2,1-2H3,(H,22,24). The Kier molecular flexibility index (Phi) is 4.58. The molecule has 1 aliphatic heterocycles. The predicted octanol–water partition coefficient (Wildman–Crippen LogP) is 2.60. The average molecular weight is 323 g/mol. The molecule has 4 nitrogen and oxygen atoms in total. The quantitative estimate of drug-likeness (QED) is 0.889. The largest absolute Gasteiger partial charge is 0.367 e. The third-order valence-corrected chi connectivity index (χ3v) is 4.42. The van der Waals surface area contributed by atoms with Gasteiger partial charge in [-0.25, -0.2) is 0 Å². The summed E-state index contributed by atoms with van der Waals surface area (Å²) in [6.07, 6.45) is 1.12. The lowest BCUT2D eigenvalue weighted by molar-refractivity contribution is -0.125. The van der Waals surface area contributed by atoms with E-state index in [-0.39, 0.29) is 5.91 Å². The summed E-state index contributed by atoms with van der Waals surface area (Å²) in [6, 6.07) is 17.0. The topological polar surface area (TPSA) is 58.4 Å². The van der Waals surface area contributed by atoms with E-state index in [1.165, 1.54) is 16.8 Å². The van der Waals surface area contributed by atoms with E-state index in [9.17, 15) is 4.79 Å². The molecular weight excluding hydrogens is 298 g/mol. The smallest absolute Gasteiger partial charge is 0.239 e. The lowest BCUT2D eigenvalue weighted by Gasteiger charge is -2.20. The fraction of sp³-hybridized carbons (Fsp3) is 0.350. The second kappa shape index (κ2) is 6.65. The molecule has 0 bridgehead atoms. The maximum absolute atomic E-state index is 11.8. The summed E-state index contributed by atoms with van der Waals surface area (Å²) in [5.74, 6) is -0.139. The summed E-state index contributed by atoms with van der Waals surface area (Å²) in [5.41, 5.74) is 10.1. The van der Waals surface area contributed by atoms with E-state index in [4.69, 9.17) is 5.73 Å². The average Bonchev–Trinajstić information content (AvgIpc) is 2.96. The van der Waals surface area contributed by atoms with Gasteiger partial charge >= 0.3 is 0 Å². The molecule has 4 heteroatoms. The molecule has 1 heterocycles. The minimum Gasteiger partial charge on any atom is -0.367 e. The van der Waals surface area contributed by atoms with Crippen molar-refractivity contribution in [2.45, 2.75) is 38.9 Å². The highest BCUT2D eigenvalue weighted by atomic mass is 16.2. The minimum atomic E-state index is -0.844. The number of nitrogens with one attached hydrogen (secondary N) is 1. The fourth-order valence-corrected chi connectivity index (χ4v) is 2.96. The van der Waals surface area contributed by atoms with Gasteiger partial charge in [0.1, 0.15) is 0 Å². The van der Waals surface area contributed by atoms with E-state index in [1.807, 2.05) is 0 Å². The second-order valence-corrected chi connectivity index (χ2v) is 7.02. The van der Waals surface area contributed by atoms with Gasteiger partial charge in [-0.05, 0) is 43.0 Å². The first kappa shape index (κ1) is 16.5. The number of benzene rings is 2. The van der Waals surface area contributed by atoms with Crippen molar-refractivity contribution in [2.24, 2.45) is 5.73 Å². The van der Waals surface area contributed by atoms with Crippen molar-refractivity contribution in [2.75, 3.05) is 11.4 Å². The summed E-state index contributed by atoms with van der Waals surface area (Å²) < 4.78 is 0. The van der Waals surface area contributed by atoms with Crippen molar-refractivity contribution >= 4 is 11.6 Å². The number of carbonyl (C=O) groups excluding carboxylic acids is 1. The molecule has 1 aliphatic rings. The molecule has 2 aromatic rings. The summed E-state index contributed by atoms with van der Waals surface area (Å²) in [7, 11) is 0. The van der Waals surface area contributed by atoms with Crippen LogP contribution in [-0.4, -0.2) is 18.0 Å². The van der Waals surface area contributed by atoms with E-state index in [0.29, 0.717) is 6.54 Å². The second-order valence-electron chi connectivity index (χ2n) is 7.02. The summed E-state index contributed by atoms with van der Waals surface area (Å²) >= 11 is 0. The Balaban J connectivity index is 1.59. The van der Waals surface area contributed by atoms with Gasteiger partial charge < -0.3 is 16.0 Å². The predicted molar refractivity (Wildman–Crippen MR) is 97.8 cm³/mol. The Labute approximate surface area is 143 Å². The molecule has 0 saturated heterocycles. The molecule has 0 aromatic heterocycles. The highest BCUT2D eigenvalue weighted by molar-refractivity contribution is 5.84. The van der Waals surface area contributed by atoms with Crippen LogP contribution in [0.3, 0.4) is 0 Å². The van der Waals surface area contributed by atoms with Crippen molar-refractivity contribution in [3.05, 3.63) is 65.2 Å². The van der Waals surface area contributed by atoms with Gasteiger partial charge in [0.15, 0.2) is 0 Å². The lowest BCUT2D eigenvalue weighted by Crippen LogP contribution is -2.48. The summed E-state index contributed by atoms with van der Waals surface area (Å²) in [6.45, 7) is 5.91. The van der Waals surface area contributed by atoms with Crippen LogP contribution < -0.4 is 16.0 Å². The van der Waals surface area contributed by atoms with Crippen molar-refractivity contribution < 1.29 is 4.79 Å². The van der Waals surface area contributed by atoms with E-state index in [2.05, 4.69) is 58.7 Å². The van der Waals surface area contributed by atoms with Crippen LogP contribution in [0.25, 0.3) is 0 Å². The number of rotatable bonds is 5. The van der Waals surface area contributed by atoms with Crippen molar-refractivity contribution in [3.63, 3.8) is 0 Å². The molecule has 3 rings (SSSR count). The summed E-state index contributed by atoms with van der Waals surface area (Å²) in [5, 5.41) is 2.87. The van der Waals surface area contributed by atoms with Gasteiger partial charge in [-0.1, -0.05) is 42.5 Å². The Hall–Kier alpha value is -2.33. The number of hydrogen-bond acceptors (Lipinski definition) is 3. The van der Waals surface area contributed by atoms with E-state index in [1.54, 1.807) is 13.8 Å². The molecule has 0 saturated carbocycles. The number of fused-ring (bicyclic) bond motifs is 1. The maximum Gasteiger partial charge on any atom is 0.239 e. The highest BCUT2D eigenvalue weighted by Gasteiger charge is 2.21. The molecular formula is C20H25N3O. The molecule has 0 radical (unpaired) electrons. The van der Waals surface area contributed by atoms with Gasteiger partial charge in [0.25, 0.3) is 0 Å². The molecule has 1 amide bonds. The summed E-state index contributed by atoms with van der Waals surface area (Å²) in [4.78, 5) is 14.2. The number of carbonyl (C=O) groups is 1. The highest BCUT2D eigenvalue weighted by Crippen LogP contribution is 2.28. The third kappa shape index (κ3) is 3.77. The third-order valence-electron chi connectivity index (χ3n) is 4.42. The Bertz CT molecular complexity index is 716. The molecule has 126 valence electrons. The van der Waals surface area contributed by atoms with Gasteiger partial charge in [0, 0.05) is 25.3 Å². The molecule has 24 heavy (non-hydrogen) atoms. The van der Waals surface area contributed by atoms with Crippen LogP contribution >= 0.6 is 0 Å². The molecule has 0 unspecified atom stereocenters. The monoisotopic (exact) mass is 323 g/mol. The number of nitrogens with two attached hydrogens (primary N) is 1. The molecule has 3 N–H and O–H groups in total. The Morgan fingerprint density at radius 2 is 1.79 bits per heavy atom. The van der Waals surface area contributed by atoms with E-state index >= 15 is 0 Å². The zero-order valence-electron chi connectivity index (χ0n) is 14.4. The number of hydrogen-bond donors (Lipinski definition) is 2. The van der Waals surface area contributed by atoms with Crippen LogP contribution in [-0.2, 0) is 24.3 Å². The first-order chi connectivity index (χ1) is 11.4.